The van der Waals surface area contributed by atoms with E-state index in [0.29, 0.717) is 6.61 Å². The van der Waals surface area contributed by atoms with E-state index in [2.05, 4.69) is 6.92 Å². The summed E-state index contributed by atoms with van der Waals surface area (Å²) in [6, 6.07) is 7.73. The fourth-order valence-electron chi connectivity index (χ4n) is 0.802. The molecule has 53 valence electrons. The molecule has 1 nitrogen and oxygen atoms in total. The van der Waals surface area contributed by atoms with Crippen molar-refractivity contribution in [2.45, 2.75) is 6.92 Å². The molecule has 1 aromatic rings. The molecule has 0 saturated carbocycles. The van der Waals surface area contributed by atoms with Crippen LogP contribution in [0, 0.1) is 6.92 Å². The molecule has 0 spiro atoms. The van der Waals surface area contributed by atoms with Gasteiger partial charge in [-0.3, -0.25) is 0 Å². The maximum Gasteiger partial charge on any atom is 0.119 e. The lowest BCUT2D eigenvalue weighted by atomic mass is 10.2. The van der Waals surface area contributed by atoms with Crippen LogP contribution < -0.4 is 4.74 Å². The van der Waals surface area contributed by atoms with Crippen LogP contribution in [0.4, 0.5) is 0 Å². The van der Waals surface area contributed by atoms with Gasteiger partial charge in [-0.05, 0) is 31.5 Å². The summed E-state index contributed by atoms with van der Waals surface area (Å²) in [7, 11) is 0. The van der Waals surface area contributed by atoms with Crippen molar-refractivity contribution in [3.8, 4) is 5.75 Å². The molecule has 0 N–H and O–H groups in total. The number of benzene rings is 1. The summed E-state index contributed by atoms with van der Waals surface area (Å²) >= 11 is 0. The molecule has 0 aliphatic heterocycles. The highest BCUT2D eigenvalue weighted by Crippen LogP contribution is 2.11. The second-order valence-electron chi connectivity index (χ2n) is 2.08. The summed E-state index contributed by atoms with van der Waals surface area (Å²) in [4.78, 5) is 0. The van der Waals surface area contributed by atoms with Gasteiger partial charge in [0, 0.05) is 0 Å². The minimum atomic E-state index is 0.712. The minimum Gasteiger partial charge on any atom is -0.494 e. The van der Waals surface area contributed by atoms with Crippen LogP contribution in [0.1, 0.15) is 12.5 Å². The second kappa shape index (κ2) is 3.25. The quantitative estimate of drug-likeness (QED) is 0.604. The molecule has 1 rings (SSSR count). The van der Waals surface area contributed by atoms with Crippen molar-refractivity contribution in [2.24, 2.45) is 0 Å². The predicted molar refractivity (Wildman–Crippen MR) is 42.1 cm³/mol. The largest absolute Gasteiger partial charge is 0.494 e. The van der Waals surface area contributed by atoms with E-state index < -0.39 is 0 Å². The fourth-order valence-corrected chi connectivity index (χ4v) is 0.802. The van der Waals surface area contributed by atoms with Crippen LogP contribution in [0.15, 0.2) is 24.3 Å². The molecule has 1 radical (unpaired) electrons. The molecule has 0 aliphatic carbocycles. The van der Waals surface area contributed by atoms with Crippen LogP contribution in [0.3, 0.4) is 0 Å². The van der Waals surface area contributed by atoms with Gasteiger partial charge in [0.15, 0.2) is 0 Å². The molecular weight excluding hydrogens is 124 g/mol. The van der Waals surface area contributed by atoms with Gasteiger partial charge in [-0.25, -0.2) is 0 Å². The van der Waals surface area contributed by atoms with Gasteiger partial charge in [0.05, 0.1) is 6.61 Å². The molecule has 10 heavy (non-hydrogen) atoms. The molecule has 1 heteroatoms. The second-order valence-corrected chi connectivity index (χ2v) is 2.08. The molecule has 0 unspecified atom stereocenters. The van der Waals surface area contributed by atoms with Crippen molar-refractivity contribution in [3.05, 3.63) is 36.8 Å². The normalized spacial score (nSPS) is 9.40. The van der Waals surface area contributed by atoms with Gasteiger partial charge in [0.1, 0.15) is 5.75 Å². The Balaban J connectivity index is 2.75. The van der Waals surface area contributed by atoms with Crippen molar-refractivity contribution in [1.29, 1.82) is 0 Å². The summed E-state index contributed by atoms with van der Waals surface area (Å²) in [5.41, 5.74) is 0.992. The Morgan fingerprint density at radius 1 is 1.50 bits per heavy atom. The highest BCUT2D eigenvalue weighted by Gasteiger charge is 1.89. The topological polar surface area (TPSA) is 9.23 Å². The predicted octanol–water partition coefficient (Wildman–Crippen LogP) is 2.27. The van der Waals surface area contributed by atoms with Crippen LogP contribution in [0.5, 0.6) is 5.75 Å². The number of rotatable bonds is 2. The van der Waals surface area contributed by atoms with E-state index in [1.165, 1.54) is 0 Å². The van der Waals surface area contributed by atoms with Gasteiger partial charge >= 0.3 is 0 Å². The van der Waals surface area contributed by atoms with Gasteiger partial charge in [-0.15, -0.1) is 0 Å². The average Bonchev–Trinajstić information content (AvgIpc) is 1.88. The van der Waals surface area contributed by atoms with E-state index in [1.54, 1.807) is 0 Å². The van der Waals surface area contributed by atoms with Crippen molar-refractivity contribution in [2.75, 3.05) is 6.61 Å². The summed E-state index contributed by atoms with van der Waals surface area (Å²) in [5, 5.41) is 0. The Morgan fingerprint density at radius 3 is 2.90 bits per heavy atom. The van der Waals surface area contributed by atoms with Gasteiger partial charge in [0.2, 0.25) is 0 Å². The SMILES string of the molecule is [CH2]c1cccc(OCC)c1. The number of hydrogen-bond donors (Lipinski definition) is 0. The first-order chi connectivity index (χ1) is 4.83. The number of ether oxygens (including phenoxy) is 1. The lowest BCUT2D eigenvalue weighted by molar-refractivity contribution is 0.340. The van der Waals surface area contributed by atoms with E-state index >= 15 is 0 Å². The van der Waals surface area contributed by atoms with Crippen LogP contribution in [0.25, 0.3) is 0 Å². The maximum atomic E-state index is 5.25. The first-order valence-electron chi connectivity index (χ1n) is 3.37. The van der Waals surface area contributed by atoms with E-state index in [4.69, 9.17) is 4.74 Å². The molecule has 0 atom stereocenters. The summed E-state index contributed by atoms with van der Waals surface area (Å²) in [6.45, 7) is 6.46. The third-order valence-corrected chi connectivity index (χ3v) is 1.21. The van der Waals surface area contributed by atoms with Gasteiger partial charge < -0.3 is 4.74 Å². The molecule has 0 aliphatic rings. The highest BCUT2D eigenvalue weighted by atomic mass is 16.5. The van der Waals surface area contributed by atoms with Gasteiger partial charge in [0.25, 0.3) is 0 Å². The zero-order valence-electron chi connectivity index (χ0n) is 6.13. The highest BCUT2D eigenvalue weighted by molar-refractivity contribution is 5.29. The Kier molecular flexibility index (Phi) is 2.32. The Labute approximate surface area is 61.6 Å². The van der Waals surface area contributed by atoms with Gasteiger partial charge in [-0.2, -0.15) is 0 Å². The molecule has 0 aromatic heterocycles. The standard InChI is InChI=1S/C9H11O/c1-3-10-9-6-4-5-8(2)7-9/h4-7H,2-3H2,1H3. The first kappa shape index (κ1) is 7.13. The molecule has 0 bridgehead atoms. The molecule has 0 saturated heterocycles. The Morgan fingerprint density at radius 2 is 2.30 bits per heavy atom. The Hall–Kier alpha value is -0.980. The third-order valence-electron chi connectivity index (χ3n) is 1.21. The van der Waals surface area contributed by atoms with E-state index in [1.807, 2.05) is 31.2 Å². The molecule has 0 amide bonds. The van der Waals surface area contributed by atoms with E-state index in [0.717, 1.165) is 11.3 Å². The van der Waals surface area contributed by atoms with Crippen molar-refractivity contribution in [1.82, 2.24) is 0 Å². The van der Waals surface area contributed by atoms with Crippen LogP contribution >= 0.6 is 0 Å². The van der Waals surface area contributed by atoms with Crippen LogP contribution in [-0.4, -0.2) is 6.61 Å². The lowest BCUT2D eigenvalue weighted by Gasteiger charge is -2.01. The Bertz CT molecular complexity index is 206. The van der Waals surface area contributed by atoms with Crippen molar-refractivity contribution >= 4 is 0 Å². The zero-order valence-corrected chi connectivity index (χ0v) is 6.13. The molecule has 0 fully saturated rings. The smallest absolute Gasteiger partial charge is 0.119 e. The van der Waals surface area contributed by atoms with Gasteiger partial charge in [-0.1, -0.05) is 12.1 Å². The maximum absolute atomic E-state index is 5.25. The van der Waals surface area contributed by atoms with E-state index in [-0.39, 0.29) is 0 Å². The fraction of sp³-hybridized carbons (Fsp3) is 0.222. The number of hydrogen-bond acceptors (Lipinski definition) is 1. The first-order valence-corrected chi connectivity index (χ1v) is 3.37. The summed E-state index contributed by atoms with van der Waals surface area (Å²) in [6.07, 6.45) is 0. The monoisotopic (exact) mass is 135 g/mol. The molecular formula is C9H11O. The third kappa shape index (κ3) is 1.76. The van der Waals surface area contributed by atoms with Crippen molar-refractivity contribution < 1.29 is 4.74 Å². The van der Waals surface area contributed by atoms with Crippen molar-refractivity contribution in [3.63, 3.8) is 0 Å². The lowest BCUT2D eigenvalue weighted by Crippen LogP contribution is -1.90. The molecule has 0 heterocycles. The van der Waals surface area contributed by atoms with Crippen LogP contribution in [0.2, 0.25) is 0 Å². The minimum absolute atomic E-state index is 0.712. The van der Waals surface area contributed by atoms with E-state index in [9.17, 15) is 0 Å². The molecule has 1 aromatic carbocycles. The summed E-state index contributed by atoms with van der Waals surface area (Å²) in [5.74, 6) is 0.898. The van der Waals surface area contributed by atoms with Crippen LogP contribution in [-0.2, 0) is 0 Å². The average molecular weight is 135 g/mol. The zero-order chi connectivity index (χ0) is 7.40. The summed E-state index contributed by atoms with van der Waals surface area (Å²) < 4.78 is 5.25.